The molecule has 0 bridgehead atoms. The van der Waals surface area contributed by atoms with Crippen LogP contribution in [0.5, 0.6) is 0 Å². The molecule has 14 heavy (non-hydrogen) atoms. The van der Waals surface area contributed by atoms with Gasteiger partial charge in [-0.1, -0.05) is 0 Å². The summed E-state index contributed by atoms with van der Waals surface area (Å²) < 4.78 is 0. The maximum atomic E-state index is 11.7. The topological polar surface area (TPSA) is 48.1 Å². The van der Waals surface area contributed by atoms with E-state index in [-0.39, 0.29) is 11.9 Å². The fourth-order valence-corrected chi connectivity index (χ4v) is 1.72. The zero-order valence-corrected chi connectivity index (χ0v) is 8.29. The van der Waals surface area contributed by atoms with E-state index < -0.39 is 0 Å². The van der Waals surface area contributed by atoms with Gasteiger partial charge in [-0.25, -0.2) is 0 Å². The molecule has 1 fully saturated rings. The largest absolute Gasteiger partial charge is 0.364 e. The molecule has 0 saturated carbocycles. The van der Waals surface area contributed by atoms with Crippen molar-refractivity contribution in [3.8, 4) is 0 Å². The summed E-state index contributed by atoms with van der Waals surface area (Å²) in [6.07, 6.45) is 1.88. The molecule has 0 spiro atoms. The van der Waals surface area contributed by atoms with Crippen molar-refractivity contribution in [2.45, 2.75) is 19.5 Å². The second-order valence-corrected chi connectivity index (χ2v) is 3.63. The maximum absolute atomic E-state index is 11.7. The standard InChI is InChI=1S/C10H15N3O/c1-8-10(14)13(6-5-11-8)7-9-3-2-4-12-9/h2-4,8,11-12H,5-7H2,1H3. The van der Waals surface area contributed by atoms with Crippen LogP contribution < -0.4 is 5.32 Å². The number of carbonyl (C=O) groups excluding carboxylic acids is 1. The molecule has 1 atom stereocenters. The van der Waals surface area contributed by atoms with Gasteiger partial charge < -0.3 is 15.2 Å². The first-order chi connectivity index (χ1) is 6.77. The van der Waals surface area contributed by atoms with Crippen molar-refractivity contribution in [1.82, 2.24) is 15.2 Å². The number of aromatic nitrogens is 1. The van der Waals surface area contributed by atoms with Crippen molar-refractivity contribution >= 4 is 5.91 Å². The van der Waals surface area contributed by atoms with Gasteiger partial charge in [0.25, 0.3) is 0 Å². The Morgan fingerprint density at radius 2 is 2.50 bits per heavy atom. The van der Waals surface area contributed by atoms with Crippen LogP contribution in [0.4, 0.5) is 0 Å². The van der Waals surface area contributed by atoms with Gasteiger partial charge in [-0.15, -0.1) is 0 Å². The first-order valence-electron chi connectivity index (χ1n) is 4.92. The maximum Gasteiger partial charge on any atom is 0.239 e. The molecule has 0 aromatic carbocycles. The molecule has 1 amide bonds. The number of nitrogens with zero attached hydrogens (tertiary/aromatic N) is 1. The van der Waals surface area contributed by atoms with Crippen LogP contribution in [-0.2, 0) is 11.3 Å². The number of carbonyl (C=O) groups is 1. The Kier molecular flexibility index (Phi) is 2.54. The smallest absolute Gasteiger partial charge is 0.239 e. The van der Waals surface area contributed by atoms with Gasteiger partial charge in [0.2, 0.25) is 5.91 Å². The van der Waals surface area contributed by atoms with E-state index in [1.807, 2.05) is 30.2 Å². The Bertz CT molecular complexity index is 307. The molecular formula is C10H15N3O. The van der Waals surface area contributed by atoms with E-state index in [4.69, 9.17) is 0 Å². The summed E-state index contributed by atoms with van der Waals surface area (Å²) in [6.45, 7) is 4.27. The summed E-state index contributed by atoms with van der Waals surface area (Å²) in [5, 5.41) is 3.14. The second kappa shape index (κ2) is 3.84. The van der Waals surface area contributed by atoms with Crippen molar-refractivity contribution in [2.24, 2.45) is 0 Å². The third kappa shape index (κ3) is 1.80. The molecule has 1 unspecified atom stereocenters. The van der Waals surface area contributed by atoms with Crippen LogP contribution in [0, 0.1) is 0 Å². The monoisotopic (exact) mass is 193 g/mol. The van der Waals surface area contributed by atoms with Gasteiger partial charge in [0.15, 0.2) is 0 Å². The Hall–Kier alpha value is -1.29. The number of hydrogen-bond acceptors (Lipinski definition) is 2. The van der Waals surface area contributed by atoms with E-state index in [0.717, 1.165) is 18.8 Å². The van der Waals surface area contributed by atoms with Gasteiger partial charge in [-0.3, -0.25) is 4.79 Å². The Morgan fingerprint density at radius 3 is 3.21 bits per heavy atom. The second-order valence-electron chi connectivity index (χ2n) is 3.63. The Labute approximate surface area is 83.3 Å². The zero-order valence-electron chi connectivity index (χ0n) is 8.29. The summed E-state index contributed by atoms with van der Waals surface area (Å²) in [5.41, 5.74) is 1.09. The van der Waals surface area contributed by atoms with E-state index in [9.17, 15) is 4.79 Å². The Morgan fingerprint density at radius 1 is 1.64 bits per heavy atom. The molecule has 4 nitrogen and oxygen atoms in total. The lowest BCUT2D eigenvalue weighted by atomic mass is 10.2. The quantitative estimate of drug-likeness (QED) is 0.711. The fraction of sp³-hybridized carbons (Fsp3) is 0.500. The van der Waals surface area contributed by atoms with Crippen molar-refractivity contribution < 1.29 is 4.79 Å². The molecule has 0 radical (unpaired) electrons. The zero-order chi connectivity index (χ0) is 9.97. The lowest BCUT2D eigenvalue weighted by Crippen LogP contribution is -2.53. The summed E-state index contributed by atoms with van der Waals surface area (Å²) in [5.74, 6) is 0.186. The molecule has 1 aliphatic rings. The Balaban J connectivity index is 2.00. The highest BCUT2D eigenvalue weighted by molar-refractivity contribution is 5.82. The normalized spacial score (nSPS) is 22.8. The highest BCUT2D eigenvalue weighted by Crippen LogP contribution is 2.06. The molecular weight excluding hydrogens is 178 g/mol. The molecule has 0 aliphatic carbocycles. The van der Waals surface area contributed by atoms with Crippen LogP contribution >= 0.6 is 0 Å². The van der Waals surface area contributed by atoms with E-state index in [0.29, 0.717) is 6.54 Å². The molecule has 1 aliphatic heterocycles. The number of hydrogen-bond donors (Lipinski definition) is 2. The number of amides is 1. The highest BCUT2D eigenvalue weighted by atomic mass is 16.2. The minimum Gasteiger partial charge on any atom is -0.364 e. The molecule has 4 heteroatoms. The van der Waals surface area contributed by atoms with E-state index in [2.05, 4.69) is 10.3 Å². The first kappa shape index (κ1) is 9.27. The van der Waals surface area contributed by atoms with Gasteiger partial charge >= 0.3 is 0 Å². The van der Waals surface area contributed by atoms with Crippen LogP contribution in [-0.4, -0.2) is 34.9 Å². The average Bonchev–Trinajstić information content (AvgIpc) is 2.66. The minimum atomic E-state index is -0.0429. The van der Waals surface area contributed by atoms with Gasteiger partial charge in [0.05, 0.1) is 12.6 Å². The van der Waals surface area contributed by atoms with Gasteiger partial charge in [0.1, 0.15) is 0 Å². The van der Waals surface area contributed by atoms with Crippen LogP contribution in [0.15, 0.2) is 18.3 Å². The van der Waals surface area contributed by atoms with Crippen LogP contribution in [0.3, 0.4) is 0 Å². The summed E-state index contributed by atoms with van der Waals surface area (Å²) in [4.78, 5) is 16.7. The van der Waals surface area contributed by atoms with Crippen LogP contribution in [0.1, 0.15) is 12.6 Å². The number of piperazine rings is 1. The number of H-pyrrole nitrogens is 1. The summed E-state index contributed by atoms with van der Waals surface area (Å²) in [6, 6.07) is 3.91. The number of rotatable bonds is 2. The third-order valence-corrected chi connectivity index (χ3v) is 2.54. The third-order valence-electron chi connectivity index (χ3n) is 2.54. The first-order valence-corrected chi connectivity index (χ1v) is 4.92. The van der Waals surface area contributed by atoms with Crippen molar-refractivity contribution in [3.05, 3.63) is 24.0 Å². The molecule has 76 valence electrons. The highest BCUT2D eigenvalue weighted by Gasteiger charge is 2.24. The van der Waals surface area contributed by atoms with Gasteiger partial charge in [-0.2, -0.15) is 0 Å². The van der Waals surface area contributed by atoms with E-state index in [1.54, 1.807) is 0 Å². The molecule has 2 rings (SSSR count). The molecule has 1 saturated heterocycles. The van der Waals surface area contributed by atoms with Crippen molar-refractivity contribution in [2.75, 3.05) is 13.1 Å². The SMILES string of the molecule is CC1NCCN(Cc2ccc[nH]2)C1=O. The average molecular weight is 193 g/mol. The van der Waals surface area contributed by atoms with Gasteiger partial charge in [0, 0.05) is 25.0 Å². The molecule has 2 N–H and O–H groups in total. The minimum absolute atomic E-state index is 0.0429. The van der Waals surface area contributed by atoms with Crippen molar-refractivity contribution in [1.29, 1.82) is 0 Å². The fourth-order valence-electron chi connectivity index (χ4n) is 1.72. The van der Waals surface area contributed by atoms with E-state index in [1.165, 1.54) is 0 Å². The number of nitrogens with one attached hydrogen (secondary N) is 2. The molecule has 1 aromatic rings. The van der Waals surface area contributed by atoms with Crippen LogP contribution in [0.2, 0.25) is 0 Å². The molecule has 1 aromatic heterocycles. The predicted octanol–water partition coefficient (Wildman–Crippen LogP) is 0.335. The predicted molar refractivity (Wildman–Crippen MR) is 53.7 cm³/mol. The van der Waals surface area contributed by atoms with Crippen molar-refractivity contribution in [3.63, 3.8) is 0 Å². The number of aromatic amines is 1. The summed E-state index contributed by atoms with van der Waals surface area (Å²) in [7, 11) is 0. The summed E-state index contributed by atoms with van der Waals surface area (Å²) >= 11 is 0. The lowest BCUT2D eigenvalue weighted by Gasteiger charge is -2.31. The molecule has 2 heterocycles. The van der Waals surface area contributed by atoms with Gasteiger partial charge in [-0.05, 0) is 19.1 Å². The van der Waals surface area contributed by atoms with E-state index >= 15 is 0 Å². The van der Waals surface area contributed by atoms with Crippen LogP contribution in [0.25, 0.3) is 0 Å². The lowest BCUT2D eigenvalue weighted by molar-refractivity contribution is -0.135.